The highest BCUT2D eigenvalue weighted by Crippen LogP contribution is 2.39. The number of hydrogen-bond donors (Lipinski definition) is 1. The average Bonchev–Trinajstić information content (AvgIpc) is 3.33. The minimum Gasteiger partial charge on any atom is -0.325 e. The van der Waals surface area contributed by atoms with Crippen LogP contribution in [0.3, 0.4) is 0 Å². The summed E-state index contributed by atoms with van der Waals surface area (Å²) in [5.41, 5.74) is 3.03. The molecule has 1 aliphatic carbocycles. The fourth-order valence-corrected chi connectivity index (χ4v) is 3.45. The van der Waals surface area contributed by atoms with Gasteiger partial charge in [0.15, 0.2) is 5.65 Å². The summed E-state index contributed by atoms with van der Waals surface area (Å²) in [6, 6.07) is 8.88. The zero-order chi connectivity index (χ0) is 20.7. The first kappa shape index (κ1) is 18.4. The number of rotatable bonds is 6. The Balaban J connectivity index is 1.41. The molecule has 3 heterocycles. The predicted molar refractivity (Wildman–Crippen MR) is 107 cm³/mol. The highest BCUT2D eigenvalue weighted by Gasteiger charge is 2.26. The van der Waals surface area contributed by atoms with Gasteiger partial charge in [0.05, 0.1) is 12.7 Å². The highest BCUT2D eigenvalue weighted by molar-refractivity contribution is 6.08. The largest absolute Gasteiger partial charge is 0.325 e. The number of fused-ring (bicyclic) bond motifs is 1. The van der Waals surface area contributed by atoms with Crippen LogP contribution in [0, 0.1) is 0 Å². The second-order valence-corrected chi connectivity index (χ2v) is 7.28. The fraction of sp³-hybridized carbons (Fsp3) is 0.238. The van der Waals surface area contributed by atoms with Crippen molar-refractivity contribution in [3.63, 3.8) is 0 Å². The summed E-state index contributed by atoms with van der Waals surface area (Å²) in [6.07, 6.45) is 6.05. The lowest BCUT2D eigenvalue weighted by Gasteiger charge is -2.09. The second-order valence-electron chi connectivity index (χ2n) is 7.28. The lowest BCUT2D eigenvalue weighted by atomic mass is 10.1. The quantitative estimate of drug-likeness (QED) is 0.523. The van der Waals surface area contributed by atoms with E-state index in [-0.39, 0.29) is 5.91 Å². The molecule has 0 radical (unpaired) electrons. The highest BCUT2D eigenvalue weighted by atomic mass is 19.3. The van der Waals surface area contributed by atoms with Crippen LogP contribution in [0.4, 0.5) is 14.5 Å². The number of aromatic nitrogens is 5. The van der Waals surface area contributed by atoms with E-state index in [9.17, 15) is 13.6 Å². The molecule has 1 fully saturated rings. The number of imidazole rings is 1. The Labute approximate surface area is 170 Å². The van der Waals surface area contributed by atoms with Gasteiger partial charge < -0.3 is 9.88 Å². The minimum atomic E-state index is -2.48. The molecule has 7 nitrogen and oxygen atoms in total. The third kappa shape index (κ3) is 3.54. The number of carbonyl (C=O) groups is 1. The lowest BCUT2D eigenvalue weighted by molar-refractivity contribution is 0.102. The molecule has 1 amide bonds. The van der Waals surface area contributed by atoms with Crippen molar-refractivity contribution in [2.24, 2.45) is 0 Å². The molecule has 1 N–H and O–H groups in total. The maximum absolute atomic E-state index is 12.9. The Kier molecular flexibility index (Phi) is 4.50. The van der Waals surface area contributed by atoms with Gasteiger partial charge in [-0.3, -0.25) is 4.79 Å². The summed E-state index contributed by atoms with van der Waals surface area (Å²) < 4.78 is 28.6. The number of hydrogen-bond acceptors (Lipinski definition) is 4. The minimum absolute atomic E-state index is 0.335. The molecule has 4 aromatic rings. The Hall–Kier alpha value is -3.62. The number of amides is 1. The number of nitrogens with zero attached hydrogens (tertiary/aromatic N) is 5. The molecule has 1 aromatic carbocycles. The van der Waals surface area contributed by atoms with Gasteiger partial charge in [-0.15, -0.1) is 0 Å². The standard InChI is InChI=1S/C21H18F2N6O/c22-18(23)12-28-9-7-24-19(28)14-2-1-3-15(10-14)26-21(30)16-11-25-29-8-6-17(13-4-5-13)27-20(16)29/h1-3,6-11,13,18H,4-5,12H2,(H,26,30). The molecular formula is C21H18F2N6O. The number of halogens is 2. The second kappa shape index (κ2) is 7.33. The first-order chi connectivity index (χ1) is 14.6. The third-order valence-electron chi connectivity index (χ3n) is 5.06. The van der Waals surface area contributed by atoms with Crippen molar-refractivity contribution in [1.82, 2.24) is 24.1 Å². The molecule has 152 valence electrons. The maximum Gasteiger partial charge on any atom is 0.261 e. The van der Waals surface area contributed by atoms with Crippen molar-refractivity contribution in [3.05, 3.63) is 66.4 Å². The van der Waals surface area contributed by atoms with E-state index in [0.717, 1.165) is 18.5 Å². The SMILES string of the molecule is O=C(Nc1cccc(-c2nccn2CC(F)F)c1)c1cnn2ccc(C3CC3)nc12. The van der Waals surface area contributed by atoms with Gasteiger partial charge in [-0.05, 0) is 31.0 Å². The van der Waals surface area contributed by atoms with Crippen molar-refractivity contribution < 1.29 is 13.6 Å². The molecule has 30 heavy (non-hydrogen) atoms. The van der Waals surface area contributed by atoms with Crippen LogP contribution in [0.2, 0.25) is 0 Å². The Morgan fingerprint density at radius 2 is 2.10 bits per heavy atom. The van der Waals surface area contributed by atoms with Gasteiger partial charge in [0.25, 0.3) is 12.3 Å². The normalized spacial score (nSPS) is 13.8. The van der Waals surface area contributed by atoms with Gasteiger partial charge in [0, 0.05) is 41.5 Å². The van der Waals surface area contributed by atoms with E-state index in [2.05, 4.69) is 20.4 Å². The molecule has 5 rings (SSSR count). The first-order valence-corrected chi connectivity index (χ1v) is 9.64. The third-order valence-corrected chi connectivity index (χ3v) is 5.06. The summed E-state index contributed by atoms with van der Waals surface area (Å²) >= 11 is 0. The molecule has 9 heteroatoms. The van der Waals surface area contributed by atoms with Gasteiger partial charge in [-0.1, -0.05) is 12.1 Å². The van der Waals surface area contributed by atoms with Crippen LogP contribution >= 0.6 is 0 Å². The van der Waals surface area contributed by atoms with E-state index in [4.69, 9.17) is 0 Å². The van der Waals surface area contributed by atoms with Crippen LogP contribution in [0.25, 0.3) is 17.0 Å². The van der Waals surface area contributed by atoms with E-state index >= 15 is 0 Å². The van der Waals surface area contributed by atoms with E-state index < -0.39 is 13.0 Å². The first-order valence-electron chi connectivity index (χ1n) is 9.64. The Bertz CT molecular complexity index is 1230. The molecule has 1 saturated carbocycles. The summed E-state index contributed by atoms with van der Waals surface area (Å²) in [6.45, 7) is -0.441. The topological polar surface area (TPSA) is 77.1 Å². The van der Waals surface area contributed by atoms with E-state index in [1.54, 1.807) is 28.8 Å². The Morgan fingerprint density at radius 3 is 2.90 bits per heavy atom. The molecular weight excluding hydrogens is 390 g/mol. The molecule has 0 saturated heterocycles. The zero-order valence-electron chi connectivity index (χ0n) is 15.9. The summed E-state index contributed by atoms with van der Waals surface area (Å²) in [7, 11) is 0. The maximum atomic E-state index is 12.9. The molecule has 0 spiro atoms. The molecule has 0 bridgehead atoms. The predicted octanol–water partition coefficient (Wildman–Crippen LogP) is 3.99. The van der Waals surface area contributed by atoms with Crippen LogP contribution < -0.4 is 5.32 Å². The number of nitrogens with one attached hydrogen (secondary N) is 1. The van der Waals surface area contributed by atoms with Crippen molar-refractivity contribution in [1.29, 1.82) is 0 Å². The van der Waals surface area contributed by atoms with E-state index in [1.165, 1.54) is 23.2 Å². The van der Waals surface area contributed by atoms with E-state index in [1.807, 2.05) is 12.3 Å². The average molecular weight is 408 g/mol. The summed E-state index contributed by atoms with van der Waals surface area (Å²) in [5, 5.41) is 7.05. The van der Waals surface area contributed by atoms with Crippen LogP contribution in [-0.4, -0.2) is 36.5 Å². The number of alkyl halides is 2. The van der Waals surface area contributed by atoms with Gasteiger partial charge in [-0.25, -0.2) is 23.3 Å². The van der Waals surface area contributed by atoms with Crippen LogP contribution in [0.5, 0.6) is 0 Å². The summed E-state index contributed by atoms with van der Waals surface area (Å²) in [5.74, 6) is 0.547. The lowest BCUT2D eigenvalue weighted by Crippen LogP contribution is -2.12. The monoisotopic (exact) mass is 408 g/mol. The summed E-state index contributed by atoms with van der Waals surface area (Å²) in [4.78, 5) is 21.7. The number of carbonyl (C=O) groups excluding carboxylic acids is 1. The fourth-order valence-electron chi connectivity index (χ4n) is 3.45. The van der Waals surface area contributed by atoms with Crippen LogP contribution in [0.1, 0.15) is 34.8 Å². The van der Waals surface area contributed by atoms with Crippen LogP contribution in [-0.2, 0) is 6.54 Å². The smallest absolute Gasteiger partial charge is 0.261 e. The molecule has 0 atom stereocenters. The Morgan fingerprint density at radius 1 is 1.23 bits per heavy atom. The van der Waals surface area contributed by atoms with Crippen molar-refractivity contribution in [3.8, 4) is 11.4 Å². The molecule has 0 unspecified atom stereocenters. The molecule has 0 aliphatic heterocycles. The van der Waals surface area contributed by atoms with Crippen molar-refractivity contribution >= 4 is 17.2 Å². The van der Waals surface area contributed by atoms with E-state index in [0.29, 0.717) is 34.2 Å². The number of anilines is 1. The van der Waals surface area contributed by atoms with Gasteiger partial charge >= 0.3 is 0 Å². The number of benzene rings is 1. The molecule has 1 aliphatic rings. The van der Waals surface area contributed by atoms with Crippen molar-refractivity contribution in [2.75, 3.05) is 5.32 Å². The van der Waals surface area contributed by atoms with Gasteiger partial charge in [-0.2, -0.15) is 5.10 Å². The zero-order valence-corrected chi connectivity index (χ0v) is 15.9. The van der Waals surface area contributed by atoms with Crippen LogP contribution in [0.15, 0.2) is 55.1 Å². The molecule has 3 aromatic heterocycles. The van der Waals surface area contributed by atoms with Gasteiger partial charge in [0.1, 0.15) is 11.4 Å². The van der Waals surface area contributed by atoms with Crippen molar-refractivity contribution in [2.45, 2.75) is 31.7 Å². The van der Waals surface area contributed by atoms with Gasteiger partial charge in [0.2, 0.25) is 0 Å².